The number of rotatable bonds is 9. The summed E-state index contributed by atoms with van der Waals surface area (Å²) in [4.78, 5) is 7.47. The number of nitrogens with zero attached hydrogens (tertiary/aromatic N) is 4. The zero-order valence-electron chi connectivity index (χ0n) is 13.5. The Morgan fingerprint density at radius 2 is 2.23 bits per heavy atom. The molecule has 0 unspecified atom stereocenters. The van der Waals surface area contributed by atoms with Crippen LogP contribution < -0.4 is 21.1 Å². The van der Waals surface area contributed by atoms with Crippen LogP contribution in [0.3, 0.4) is 0 Å². The van der Waals surface area contributed by atoms with Gasteiger partial charge in [0.15, 0.2) is 11.1 Å². The van der Waals surface area contributed by atoms with Gasteiger partial charge in [-0.1, -0.05) is 0 Å². The zero-order chi connectivity index (χ0) is 19.0. The number of aliphatic imine (C=N–C) groups is 1. The number of thiazole rings is 1. The molecule has 0 bridgehead atoms. The van der Waals surface area contributed by atoms with E-state index in [1.54, 1.807) is 11.8 Å². The molecule has 4 N–H and O–H groups in total. The van der Waals surface area contributed by atoms with E-state index in [4.69, 9.17) is 10.5 Å². The van der Waals surface area contributed by atoms with Crippen molar-refractivity contribution in [2.45, 2.75) is 11.9 Å². The van der Waals surface area contributed by atoms with E-state index in [0.29, 0.717) is 29.1 Å². The van der Waals surface area contributed by atoms with Gasteiger partial charge in [0.1, 0.15) is 6.54 Å². The van der Waals surface area contributed by atoms with Crippen molar-refractivity contribution in [1.82, 2.24) is 13.7 Å². The molecule has 0 saturated heterocycles. The highest BCUT2D eigenvalue weighted by molar-refractivity contribution is 7.98. The molecule has 2 heterocycles. The number of methoxy groups -OCH3 is 1. The minimum Gasteiger partial charge on any atom is -0.478 e. The number of guanidine groups is 1. The molecule has 2 aromatic rings. The van der Waals surface area contributed by atoms with Crippen LogP contribution in [0.5, 0.6) is 5.88 Å². The third-order valence-corrected chi connectivity index (χ3v) is 4.97. The lowest BCUT2D eigenvalue weighted by atomic mass is 10.6. The fraction of sp³-hybridized carbons (Fsp3) is 0.500. The second-order valence-corrected chi connectivity index (χ2v) is 7.18. The summed E-state index contributed by atoms with van der Waals surface area (Å²) in [6.07, 6.45) is -4.39. The summed E-state index contributed by atoms with van der Waals surface area (Å²) >= 11 is 3.97. The molecule has 0 aliphatic heterocycles. The highest BCUT2D eigenvalue weighted by Crippen LogP contribution is 2.22. The lowest BCUT2D eigenvalue weighted by molar-refractivity contribution is -0.118. The summed E-state index contributed by atoms with van der Waals surface area (Å²) < 4.78 is 49.3. The number of hydrogen-bond acceptors (Lipinski definition) is 9. The molecule has 0 radical (unpaired) electrons. The maximum absolute atomic E-state index is 12.1. The van der Waals surface area contributed by atoms with Crippen LogP contribution in [0.2, 0.25) is 0 Å². The Kier molecular flexibility index (Phi) is 7.71. The van der Waals surface area contributed by atoms with E-state index in [1.165, 1.54) is 18.4 Å². The fourth-order valence-corrected chi connectivity index (χ4v) is 3.67. The molecular formula is C12H16F3N7OS3. The standard InChI is InChI=1S/C12H16F3N7OS3/c1-23-9-8(21-26-22-9)17-2-3-24-4-7-5-25-11(19-7)20-10(16)18-6-12(13,14)15/h5H,2-4,6H2,1H3,(H,17,21)(H3,16,18,19,20). The summed E-state index contributed by atoms with van der Waals surface area (Å²) in [5, 5.41) is 7.89. The van der Waals surface area contributed by atoms with Crippen molar-refractivity contribution in [1.29, 1.82) is 0 Å². The monoisotopic (exact) mass is 427 g/mol. The third-order valence-electron chi connectivity index (χ3n) is 2.66. The van der Waals surface area contributed by atoms with Gasteiger partial charge < -0.3 is 21.1 Å². The van der Waals surface area contributed by atoms with Crippen LogP contribution in [-0.4, -0.2) is 51.8 Å². The van der Waals surface area contributed by atoms with E-state index in [9.17, 15) is 13.2 Å². The number of anilines is 2. The van der Waals surface area contributed by atoms with Gasteiger partial charge in [0, 0.05) is 23.4 Å². The van der Waals surface area contributed by atoms with Gasteiger partial charge in [0.2, 0.25) is 5.82 Å². The Hall–Kier alpha value is -1.80. The van der Waals surface area contributed by atoms with E-state index in [0.717, 1.165) is 23.2 Å². The quantitative estimate of drug-likeness (QED) is 0.318. The average molecular weight is 428 g/mol. The van der Waals surface area contributed by atoms with Crippen molar-refractivity contribution >= 4 is 51.7 Å². The van der Waals surface area contributed by atoms with Crippen molar-refractivity contribution in [3.8, 4) is 5.88 Å². The predicted octanol–water partition coefficient (Wildman–Crippen LogP) is 2.64. The van der Waals surface area contributed by atoms with Gasteiger partial charge in [-0.05, 0) is 0 Å². The summed E-state index contributed by atoms with van der Waals surface area (Å²) in [6, 6.07) is 0. The molecule has 0 aliphatic carbocycles. The summed E-state index contributed by atoms with van der Waals surface area (Å²) in [7, 11) is 1.53. The molecule has 14 heteroatoms. The number of nitrogens with two attached hydrogens (primary N) is 1. The van der Waals surface area contributed by atoms with Crippen molar-refractivity contribution in [3.05, 3.63) is 11.1 Å². The van der Waals surface area contributed by atoms with Crippen molar-refractivity contribution < 1.29 is 17.9 Å². The average Bonchev–Trinajstić information content (AvgIpc) is 3.21. The molecule has 0 aliphatic rings. The molecule has 26 heavy (non-hydrogen) atoms. The highest BCUT2D eigenvalue weighted by atomic mass is 32.2. The van der Waals surface area contributed by atoms with Crippen molar-refractivity contribution in [3.63, 3.8) is 0 Å². The lowest BCUT2D eigenvalue weighted by Gasteiger charge is -2.04. The van der Waals surface area contributed by atoms with Gasteiger partial charge in [0.25, 0.3) is 5.88 Å². The number of halogens is 3. The Labute approximate surface area is 159 Å². The second-order valence-electron chi connectivity index (χ2n) is 4.69. The minimum atomic E-state index is -4.39. The highest BCUT2D eigenvalue weighted by Gasteiger charge is 2.26. The van der Waals surface area contributed by atoms with Crippen molar-refractivity contribution in [2.24, 2.45) is 10.7 Å². The van der Waals surface area contributed by atoms with Crippen LogP contribution in [0.4, 0.5) is 24.1 Å². The maximum atomic E-state index is 12.1. The molecule has 0 amide bonds. The minimum absolute atomic E-state index is 0.314. The van der Waals surface area contributed by atoms with Gasteiger partial charge >= 0.3 is 6.18 Å². The van der Waals surface area contributed by atoms with Gasteiger partial charge in [0.05, 0.1) is 24.5 Å². The van der Waals surface area contributed by atoms with E-state index in [2.05, 4.69) is 29.4 Å². The molecule has 144 valence electrons. The molecule has 0 fully saturated rings. The Morgan fingerprint density at radius 3 is 2.96 bits per heavy atom. The molecule has 2 rings (SSSR count). The van der Waals surface area contributed by atoms with Crippen LogP contribution >= 0.6 is 34.8 Å². The Balaban J connectivity index is 1.68. The van der Waals surface area contributed by atoms with Crippen LogP contribution in [0.25, 0.3) is 0 Å². The maximum Gasteiger partial charge on any atom is 0.408 e. The van der Waals surface area contributed by atoms with Crippen molar-refractivity contribution in [2.75, 3.05) is 36.6 Å². The third kappa shape index (κ3) is 7.21. The normalized spacial score (nSPS) is 12.2. The fourth-order valence-electron chi connectivity index (χ4n) is 1.60. The lowest BCUT2D eigenvalue weighted by Crippen LogP contribution is -2.25. The first kappa shape index (κ1) is 20.5. The summed E-state index contributed by atoms with van der Waals surface area (Å²) in [6.45, 7) is -0.648. The molecule has 0 saturated carbocycles. The van der Waals surface area contributed by atoms with Gasteiger partial charge in [-0.3, -0.25) is 0 Å². The molecule has 0 aromatic carbocycles. The van der Waals surface area contributed by atoms with Crippen LogP contribution in [0, 0.1) is 0 Å². The number of ether oxygens (including phenoxy) is 1. The van der Waals surface area contributed by atoms with Gasteiger partial charge in [-0.25, -0.2) is 9.98 Å². The van der Waals surface area contributed by atoms with Crippen LogP contribution in [0.1, 0.15) is 5.69 Å². The van der Waals surface area contributed by atoms with Gasteiger partial charge in [-0.2, -0.15) is 29.3 Å². The Morgan fingerprint density at radius 1 is 1.42 bits per heavy atom. The Bertz CT molecular complexity index is 719. The van der Waals surface area contributed by atoms with E-state index in [1.807, 2.05) is 5.38 Å². The smallest absolute Gasteiger partial charge is 0.408 e. The van der Waals surface area contributed by atoms with Crippen LogP contribution in [-0.2, 0) is 5.75 Å². The van der Waals surface area contributed by atoms with Gasteiger partial charge in [-0.15, -0.1) is 15.7 Å². The largest absolute Gasteiger partial charge is 0.478 e. The molecule has 2 aromatic heterocycles. The number of aromatic nitrogens is 3. The van der Waals surface area contributed by atoms with E-state index >= 15 is 0 Å². The first-order valence-electron chi connectivity index (χ1n) is 7.13. The molecule has 8 nitrogen and oxygen atoms in total. The second kappa shape index (κ2) is 9.78. The van der Waals surface area contributed by atoms with Crippen LogP contribution in [0.15, 0.2) is 10.4 Å². The topological polar surface area (TPSA) is 110 Å². The number of thioether (sulfide) groups is 1. The van der Waals surface area contributed by atoms with E-state index in [-0.39, 0.29) is 5.96 Å². The number of hydrogen-bond donors (Lipinski definition) is 3. The van der Waals surface area contributed by atoms with E-state index < -0.39 is 12.7 Å². The summed E-state index contributed by atoms with van der Waals surface area (Å²) in [5.41, 5.74) is 6.21. The molecule has 0 spiro atoms. The SMILES string of the molecule is COc1nsnc1NCCSCc1csc(NC(N)=NCC(F)(F)F)n1. The first-order valence-corrected chi connectivity index (χ1v) is 9.90. The molecular weight excluding hydrogens is 411 g/mol. The molecule has 0 atom stereocenters. The number of alkyl halides is 3. The first-order chi connectivity index (χ1) is 12.4. The predicted molar refractivity (Wildman–Crippen MR) is 99.4 cm³/mol. The number of nitrogens with one attached hydrogen (secondary N) is 2. The zero-order valence-corrected chi connectivity index (χ0v) is 16.0. The summed E-state index contributed by atoms with van der Waals surface area (Å²) in [5.74, 6) is 2.24.